The molecule has 0 aliphatic heterocycles. The Morgan fingerprint density at radius 1 is 1.24 bits per heavy atom. The lowest BCUT2D eigenvalue weighted by atomic mass is 9.97. The summed E-state index contributed by atoms with van der Waals surface area (Å²) in [5.41, 5.74) is 3.07. The van der Waals surface area contributed by atoms with Crippen LogP contribution in [0.5, 0.6) is 5.75 Å². The zero-order chi connectivity index (χ0) is 20.9. The van der Waals surface area contributed by atoms with Crippen LogP contribution in [0, 0.1) is 6.92 Å². The average molecular weight is 416 g/mol. The van der Waals surface area contributed by atoms with Gasteiger partial charge in [0, 0.05) is 18.1 Å². The molecule has 1 amide bonds. The molecular weight excluding hydrogens is 390 g/mol. The molecule has 1 aliphatic rings. The second-order valence-electron chi connectivity index (χ2n) is 6.90. The molecule has 6 nitrogen and oxygen atoms in total. The van der Waals surface area contributed by atoms with E-state index in [4.69, 9.17) is 9.15 Å². The Bertz CT molecular complexity index is 1030. The fraction of sp³-hybridized carbons (Fsp3) is 0.318. The highest BCUT2D eigenvalue weighted by Gasteiger charge is 2.23. The predicted octanol–water partition coefficient (Wildman–Crippen LogP) is 4.51. The molecule has 0 unspecified atom stereocenters. The summed E-state index contributed by atoms with van der Waals surface area (Å²) in [6, 6.07) is 9.22. The molecule has 3 rings (SSSR count). The van der Waals surface area contributed by atoms with Crippen LogP contribution in [0.1, 0.15) is 49.5 Å². The number of ether oxygens (including phenoxy) is 1. The molecule has 1 aliphatic carbocycles. The van der Waals surface area contributed by atoms with Crippen molar-refractivity contribution in [2.45, 2.75) is 51.2 Å². The number of hydrogen-bond donors (Lipinski definition) is 1. The van der Waals surface area contributed by atoms with Crippen LogP contribution in [0.3, 0.4) is 0 Å². The number of hydrogen-bond acceptors (Lipinski definition) is 5. The summed E-state index contributed by atoms with van der Waals surface area (Å²) in [5.74, 6) is 0.564. The third-order valence-corrected chi connectivity index (χ3v) is 5.85. The molecule has 0 spiro atoms. The maximum atomic E-state index is 12.3. The summed E-state index contributed by atoms with van der Waals surface area (Å²) in [5, 5.41) is -0.286. The molecule has 1 N–H and O–H groups in total. The maximum Gasteiger partial charge on any atom is 0.297 e. The van der Waals surface area contributed by atoms with Crippen molar-refractivity contribution in [1.82, 2.24) is 4.72 Å². The van der Waals surface area contributed by atoms with Crippen molar-refractivity contribution in [3.05, 3.63) is 65.4 Å². The van der Waals surface area contributed by atoms with Crippen molar-refractivity contribution in [2.75, 3.05) is 0 Å². The van der Waals surface area contributed by atoms with Crippen LogP contribution in [-0.4, -0.2) is 14.3 Å². The quantitative estimate of drug-likeness (QED) is 0.686. The van der Waals surface area contributed by atoms with Crippen molar-refractivity contribution < 1.29 is 22.4 Å². The van der Waals surface area contributed by atoms with Crippen LogP contribution in [0.15, 0.2) is 58.1 Å². The van der Waals surface area contributed by atoms with Gasteiger partial charge in [-0.3, -0.25) is 4.79 Å². The molecule has 0 fully saturated rings. The highest BCUT2D eigenvalue weighted by molar-refractivity contribution is 7.89. The van der Waals surface area contributed by atoms with E-state index in [-0.39, 0.29) is 18.1 Å². The zero-order valence-corrected chi connectivity index (χ0v) is 17.4. The van der Waals surface area contributed by atoms with Crippen LogP contribution >= 0.6 is 0 Å². The van der Waals surface area contributed by atoms with Gasteiger partial charge in [0.1, 0.15) is 18.1 Å². The monoisotopic (exact) mass is 415 g/mol. The highest BCUT2D eigenvalue weighted by Crippen LogP contribution is 2.26. The minimum atomic E-state index is -4.02. The molecule has 1 aromatic heterocycles. The summed E-state index contributed by atoms with van der Waals surface area (Å²) in [6.07, 6.45) is 9.11. The molecule has 0 saturated heterocycles. The second-order valence-corrected chi connectivity index (χ2v) is 8.51. The Labute approximate surface area is 171 Å². The molecule has 0 atom stereocenters. The number of rotatable bonds is 8. The third kappa shape index (κ3) is 5.38. The lowest BCUT2D eigenvalue weighted by Crippen LogP contribution is -2.29. The minimum Gasteiger partial charge on any atom is -0.489 e. The van der Waals surface area contributed by atoms with Gasteiger partial charge in [0.05, 0.1) is 0 Å². The summed E-state index contributed by atoms with van der Waals surface area (Å²) in [6.45, 7) is 3.63. The molecule has 7 heteroatoms. The maximum absolute atomic E-state index is 12.3. The fourth-order valence-electron chi connectivity index (χ4n) is 3.01. The van der Waals surface area contributed by atoms with Crippen molar-refractivity contribution in [1.29, 1.82) is 0 Å². The van der Waals surface area contributed by atoms with Gasteiger partial charge >= 0.3 is 0 Å². The van der Waals surface area contributed by atoms with E-state index in [0.717, 1.165) is 18.4 Å². The van der Waals surface area contributed by atoms with E-state index >= 15 is 0 Å². The number of benzene rings is 1. The Balaban J connectivity index is 1.65. The minimum absolute atomic E-state index is 0.137. The van der Waals surface area contributed by atoms with Crippen molar-refractivity contribution in [3.8, 4) is 5.75 Å². The van der Waals surface area contributed by atoms with E-state index in [0.29, 0.717) is 23.5 Å². The Kier molecular flexibility index (Phi) is 6.59. The molecule has 0 bridgehead atoms. The number of carbonyl (C=O) groups is 1. The molecule has 0 radical (unpaired) electrons. The van der Waals surface area contributed by atoms with Gasteiger partial charge in [0.25, 0.3) is 10.0 Å². The van der Waals surface area contributed by atoms with Gasteiger partial charge in [0.2, 0.25) is 11.0 Å². The Morgan fingerprint density at radius 3 is 2.66 bits per heavy atom. The number of allylic oxidation sites excluding steroid dienone is 4. The van der Waals surface area contributed by atoms with Crippen LogP contribution in [0.25, 0.3) is 5.57 Å². The summed E-state index contributed by atoms with van der Waals surface area (Å²) >= 11 is 0. The van der Waals surface area contributed by atoms with E-state index in [1.165, 1.54) is 11.6 Å². The number of furan rings is 1. The van der Waals surface area contributed by atoms with Crippen molar-refractivity contribution >= 4 is 21.5 Å². The Morgan fingerprint density at radius 2 is 2.00 bits per heavy atom. The molecule has 154 valence electrons. The predicted molar refractivity (Wildman–Crippen MR) is 111 cm³/mol. The van der Waals surface area contributed by atoms with Crippen LogP contribution in [0.4, 0.5) is 0 Å². The first-order valence-electron chi connectivity index (χ1n) is 9.63. The molecule has 0 saturated carbocycles. The summed E-state index contributed by atoms with van der Waals surface area (Å²) in [4.78, 5) is 11.6. The Hall–Kier alpha value is -2.80. The summed E-state index contributed by atoms with van der Waals surface area (Å²) in [7, 11) is -4.02. The first-order chi connectivity index (χ1) is 13.9. The van der Waals surface area contributed by atoms with Gasteiger partial charge in [0.15, 0.2) is 0 Å². The average Bonchev–Trinajstić information content (AvgIpc) is 3.09. The van der Waals surface area contributed by atoms with Crippen LogP contribution < -0.4 is 9.46 Å². The summed E-state index contributed by atoms with van der Waals surface area (Å²) < 4.78 is 37.7. The molecule has 1 heterocycles. The first kappa shape index (κ1) is 20.9. The SMILES string of the molecule is CCCC(=O)NS(=O)(=O)c1cc(COc2ccc(C3=CC=CCC3)cc2)c(C)o1. The fourth-order valence-corrected chi connectivity index (χ4v) is 4.05. The number of aryl methyl sites for hydroxylation is 1. The van der Waals surface area contributed by atoms with E-state index < -0.39 is 15.9 Å². The highest BCUT2D eigenvalue weighted by atomic mass is 32.2. The van der Waals surface area contributed by atoms with Gasteiger partial charge in [-0.25, -0.2) is 4.72 Å². The smallest absolute Gasteiger partial charge is 0.297 e. The first-order valence-corrected chi connectivity index (χ1v) is 11.1. The number of nitrogens with one attached hydrogen (secondary N) is 1. The normalized spacial score (nSPS) is 13.8. The van der Waals surface area contributed by atoms with E-state index in [9.17, 15) is 13.2 Å². The van der Waals surface area contributed by atoms with Gasteiger partial charge in [-0.2, -0.15) is 8.42 Å². The van der Waals surface area contributed by atoms with Gasteiger partial charge in [-0.15, -0.1) is 0 Å². The number of sulfonamides is 1. The number of amides is 1. The molecule has 2 aromatic rings. The molecule has 29 heavy (non-hydrogen) atoms. The van der Waals surface area contributed by atoms with Gasteiger partial charge in [-0.05, 0) is 49.5 Å². The lowest BCUT2D eigenvalue weighted by molar-refractivity contribution is -0.119. The number of carbonyl (C=O) groups excluding carboxylic acids is 1. The molecular formula is C22H25NO5S. The standard InChI is InChI=1S/C22H25NO5S/c1-3-7-21(24)23-29(25,26)22-14-19(16(2)28-22)15-27-20-12-10-18(11-13-20)17-8-5-4-6-9-17/h4-5,8,10-14H,3,6-7,9,15H2,1-2H3,(H,23,24). The second kappa shape index (κ2) is 9.13. The van der Waals surface area contributed by atoms with Crippen LogP contribution in [-0.2, 0) is 21.4 Å². The van der Waals surface area contributed by atoms with E-state index in [1.807, 2.05) is 29.0 Å². The topological polar surface area (TPSA) is 85.6 Å². The van der Waals surface area contributed by atoms with Crippen molar-refractivity contribution in [2.24, 2.45) is 0 Å². The molecule has 1 aromatic carbocycles. The van der Waals surface area contributed by atoms with E-state index in [1.54, 1.807) is 13.8 Å². The third-order valence-electron chi connectivity index (χ3n) is 4.62. The lowest BCUT2D eigenvalue weighted by Gasteiger charge is -2.10. The van der Waals surface area contributed by atoms with Gasteiger partial charge < -0.3 is 9.15 Å². The van der Waals surface area contributed by atoms with Gasteiger partial charge in [-0.1, -0.05) is 37.3 Å². The zero-order valence-electron chi connectivity index (χ0n) is 16.6. The van der Waals surface area contributed by atoms with Crippen molar-refractivity contribution in [3.63, 3.8) is 0 Å². The van der Waals surface area contributed by atoms with E-state index in [2.05, 4.69) is 18.2 Å². The van der Waals surface area contributed by atoms with Crippen LogP contribution in [0.2, 0.25) is 0 Å². The largest absolute Gasteiger partial charge is 0.489 e.